The smallest absolute Gasteiger partial charge is 0.228 e. The van der Waals surface area contributed by atoms with Crippen molar-refractivity contribution in [2.45, 2.75) is 45.2 Å². The number of carbonyl (C=O) groups is 2. The SMILES string of the molecule is Cc1ncsc1CCC(=O)N1C[C@H]2CC[C@@H](C1)N(Cc1ccccc1)C2=O. The van der Waals surface area contributed by atoms with E-state index in [4.69, 9.17) is 0 Å². The molecule has 3 fully saturated rings. The Bertz CT molecular complexity index is 820. The van der Waals surface area contributed by atoms with E-state index >= 15 is 0 Å². The summed E-state index contributed by atoms with van der Waals surface area (Å²) in [5.41, 5.74) is 4.01. The Labute approximate surface area is 164 Å². The number of piperidine rings is 1. The lowest BCUT2D eigenvalue weighted by Crippen LogP contribution is -2.47. The summed E-state index contributed by atoms with van der Waals surface area (Å²) < 4.78 is 0. The molecule has 0 radical (unpaired) electrons. The molecule has 1 aromatic carbocycles. The van der Waals surface area contributed by atoms with Crippen LogP contribution >= 0.6 is 11.3 Å². The Hall–Kier alpha value is -2.21. The van der Waals surface area contributed by atoms with Crippen LogP contribution in [-0.2, 0) is 22.6 Å². The molecule has 0 aliphatic carbocycles. The fourth-order valence-corrected chi connectivity index (χ4v) is 4.96. The summed E-state index contributed by atoms with van der Waals surface area (Å²) in [4.78, 5) is 35.2. The number of carbonyl (C=O) groups excluding carboxylic acids is 2. The van der Waals surface area contributed by atoms with E-state index in [9.17, 15) is 9.59 Å². The van der Waals surface area contributed by atoms with Gasteiger partial charge in [-0.1, -0.05) is 30.3 Å². The van der Waals surface area contributed by atoms with Crippen LogP contribution in [0.3, 0.4) is 0 Å². The van der Waals surface area contributed by atoms with Crippen LogP contribution in [0, 0.1) is 12.8 Å². The van der Waals surface area contributed by atoms with Crippen molar-refractivity contribution in [2.24, 2.45) is 5.92 Å². The van der Waals surface area contributed by atoms with Crippen LogP contribution in [0.25, 0.3) is 0 Å². The lowest BCUT2D eigenvalue weighted by atomic mass is 9.93. The van der Waals surface area contributed by atoms with Crippen molar-refractivity contribution in [1.29, 1.82) is 0 Å². The first-order valence-corrected chi connectivity index (χ1v) is 10.5. The van der Waals surface area contributed by atoms with Gasteiger partial charge < -0.3 is 9.80 Å². The summed E-state index contributed by atoms with van der Waals surface area (Å²) >= 11 is 1.61. The molecule has 0 spiro atoms. The average molecular weight is 384 g/mol. The van der Waals surface area contributed by atoms with Crippen LogP contribution in [0.15, 0.2) is 35.8 Å². The number of aromatic nitrogens is 1. The third-order valence-corrected chi connectivity index (χ3v) is 6.75. The largest absolute Gasteiger partial charge is 0.340 e. The first-order valence-electron chi connectivity index (χ1n) is 9.63. The van der Waals surface area contributed by atoms with Gasteiger partial charge in [-0.25, -0.2) is 4.98 Å². The fourth-order valence-electron chi connectivity index (χ4n) is 4.18. The summed E-state index contributed by atoms with van der Waals surface area (Å²) in [6.07, 6.45) is 3.12. The van der Waals surface area contributed by atoms with Crippen LogP contribution in [0.5, 0.6) is 0 Å². The van der Waals surface area contributed by atoms with Gasteiger partial charge >= 0.3 is 0 Å². The minimum Gasteiger partial charge on any atom is -0.340 e. The molecule has 0 unspecified atom stereocenters. The second-order valence-electron chi connectivity index (χ2n) is 7.54. The fraction of sp³-hybridized carbons (Fsp3) is 0.476. The minimum absolute atomic E-state index is 0.0541. The van der Waals surface area contributed by atoms with Gasteiger partial charge in [0.25, 0.3) is 0 Å². The van der Waals surface area contributed by atoms with Gasteiger partial charge in [0.1, 0.15) is 0 Å². The highest BCUT2D eigenvalue weighted by molar-refractivity contribution is 7.09. The summed E-state index contributed by atoms with van der Waals surface area (Å²) in [7, 11) is 0. The first kappa shape index (κ1) is 18.2. The zero-order valence-corrected chi connectivity index (χ0v) is 16.5. The van der Waals surface area contributed by atoms with Crippen molar-refractivity contribution in [1.82, 2.24) is 14.8 Å². The van der Waals surface area contributed by atoms with Crippen LogP contribution in [0.1, 0.15) is 35.4 Å². The number of rotatable bonds is 5. The third kappa shape index (κ3) is 3.90. The highest BCUT2D eigenvalue weighted by Crippen LogP contribution is 2.31. The van der Waals surface area contributed by atoms with Crippen molar-refractivity contribution in [3.8, 4) is 0 Å². The molecule has 3 aliphatic rings. The molecule has 3 saturated heterocycles. The topological polar surface area (TPSA) is 53.5 Å². The number of benzene rings is 1. The normalized spacial score (nSPS) is 22.2. The molecule has 2 atom stereocenters. The minimum atomic E-state index is -0.0541. The van der Waals surface area contributed by atoms with E-state index in [0.29, 0.717) is 26.1 Å². The van der Waals surface area contributed by atoms with Crippen molar-refractivity contribution >= 4 is 23.2 Å². The molecular weight excluding hydrogens is 358 g/mol. The van der Waals surface area contributed by atoms with Crippen molar-refractivity contribution in [3.63, 3.8) is 0 Å². The molecule has 142 valence electrons. The van der Waals surface area contributed by atoms with E-state index in [1.54, 1.807) is 11.3 Å². The zero-order valence-electron chi connectivity index (χ0n) is 15.6. The Morgan fingerprint density at radius 2 is 2.04 bits per heavy atom. The predicted octanol–water partition coefficient (Wildman–Crippen LogP) is 3.03. The van der Waals surface area contributed by atoms with Crippen LogP contribution in [0.4, 0.5) is 0 Å². The molecule has 2 amide bonds. The van der Waals surface area contributed by atoms with E-state index < -0.39 is 0 Å². The molecule has 0 saturated carbocycles. The molecular formula is C21H25N3O2S. The Morgan fingerprint density at radius 1 is 1.22 bits per heavy atom. The summed E-state index contributed by atoms with van der Waals surface area (Å²) in [6.45, 7) is 3.86. The van der Waals surface area contributed by atoms with Gasteiger partial charge in [-0.2, -0.15) is 0 Å². The molecule has 0 N–H and O–H groups in total. The van der Waals surface area contributed by atoms with E-state index in [1.165, 1.54) is 4.88 Å². The average Bonchev–Trinajstić information content (AvgIpc) is 2.90. The highest BCUT2D eigenvalue weighted by atomic mass is 32.1. The zero-order chi connectivity index (χ0) is 18.8. The molecule has 4 heterocycles. The van der Waals surface area contributed by atoms with Crippen molar-refractivity contribution < 1.29 is 9.59 Å². The summed E-state index contributed by atoms with van der Waals surface area (Å²) in [5.74, 6) is 0.319. The quantitative estimate of drug-likeness (QED) is 0.797. The number of nitrogens with zero attached hydrogens (tertiary/aromatic N) is 3. The lowest BCUT2D eigenvalue weighted by Gasteiger charge is -2.36. The number of hydrogen-bond acceptors (Lipinski definition) is 4. The second kappa shape index (κ2) is 7.80. The van der Waals surface area contributed by atoms with Gasteiger partial charge in [-0.15, -0.1) is 11.3 Å². The number of amides is 2. The van der Waals surface area contributed by atoms with Crippen LogP contribution in [0.2, 0.25) is 0 Å². The standard InChI is InChI=1S/C21H25N3O2S/c1-15-19(27-14-22-15)9-10-20(25)23-12-17-7-8-18(13-23)24(21(17)26)11-16-5-3-2-4-6-16/h2-6,14,17-18H,7-13H2,1H3/t17-,18+/m1/s1. The molecule has 1 aromatic heterocycles. The van der Waals surface area contributed by atoms with E-state index in [-0.39, 0.29) is 23.8 Å². The van der Waals surface area contributed by atoms with Gasteiger partial charge in [0.15, 0.2) is 0 Å². The predicted molar refractivity (Wildman–Crippen MR) is 105 cm³/mol. The molecule has 2 aromatic rings. The lowest BCUT2D eigenvalue weighted by molar-refractivity contribution is -0.140. The molecule has 3 aliphatic heterocycles. The Balaban J connectivity index is 1.43. The van der Waals surface area contributed by atoms with Crippen molar-refractivity contribution in [2.75, 3.05) is 13.1 Å². The maximum atomic E-state index is 13.0. The summed E-state index contributed by atoms with van der Waals surface area (Å²) in [5, 5.41) is 0. The van der Waals surface area contributed by atoms with Gasteiger partial charge in [0, 0.05) is 37.0 Å². The van der Waals surface area contributed by atoms with Crippen molar-refractivity contribution in [3.05, 3.63) is 52.0 Å². The van der Waals surface area contributed by atoms with Gasteiger partial charge in [0.05, 0.1) is 17.1 Å². The van der Waals surface area contributed by atoms with Crippen LogP contribution in [-0.4, -0.2) is 45.7 Å². The molecule has 6 heteroatoms. The monoisotopic (exact) mass is 383 g/mol. The van der Waals surface area contributed by atoms with E-state index in [2.05, 4.69) is 17.1 Å². The Kier molecular flexibility index (Phi) is 5.25. The third-order valence-electron chi connectivity index (χ3n) is 5.75. The number of fused-ring (bicyclic) bond motifs is 4. The van der Waals surface area contributed by atoms with Crippen LogP contribution < -0.4 is 0 Å². The maximum absolute atomic E-state index is 13.0. The number of aryl methyl sites for hydroxylation is 2. The molecule has 5 nitrogen and oxygen atoms in total. The van der Waals surface area contributed by atoms with Gasteiger partial charge in [-0.05, 0) is 31.7 Å². The summed E-state index contributed by atoms with van der Waals surface area (Å²) in [6, 6.07) is 10.3. The first-order chi connectivity index (χ1) is 13.1. The number of thiazole rings is 1. The number of hydrogen-bond donors (Lipinski definition) is 0. The maximum Gasteiger partial charge on any atom is 0.228 e. The highest BCUT2D eigenvalue weighted by Gasteiger charge is 2.41. The molecule has 5 rings (SSSR count). The van der Waals surface area contributed by atoms with E-state index in [0.717, 1.165) is 30.5 Å². The van der Waals surface area contributed by atoms with E-state index in [1.807, 2.05) is 40.4 Å². The Morgan fingerprint density at radius 3 is 2.78 bits per heavy atom. The molecule has 2 bridgehead atoms. The van der Waals surface area contributed by atoms with Gasteiger partial charge in [-0.3, -0.25) is 9.59 Å². The van der Waals surface area contributed by atoms with Gasteiger partial charge in [0.2, 0.25) is 11.8 Å². The second-order valence-corrected chi connectivity index (χ2v) is 8.48. The molecule has 27 heavy (non-hydrogen) atoms.